The van der Waals surface area contributed by atoms with Gasteiger partial charge in [-0.15, -0.1) is 0 Å². The van der Waals surface area contributed by atoms with Crippen LogP contribution in [0.15, 0.2) is 24.3 Å². The maximum atomic E-state index is 11.6. The van der Waals surface area contributed by atoms with Crippen molar-refractivity contribution in [2.75, 3.05) is 13.2 Å². The Hall–Kier alpha value is -1.88. The van der Waals surface area contributed by atoms with E-state index >= 15 is 0 Å². The first-order chi connectivity index (χ1) is 10.5. The minimum Gasteiger partial charge on any atom is -0.480 e. The van der Waals surface area contributed by atoms with E-state index in [0.29, 0.717) is 26.1 Å². The van der Waals surface area contributed by atoms with Crippen LogP contribution in [0.3, 0.4) is 0 Å². The van der Waals surface area contributed by atoms with Gasteiger partial charge < -0.3 is 9.84 Å². The number of carbonyl (C=O) groups is 2. The third-order valence-corrected chi connectivity index (χ3v) is 3.66. The summed E-state index contributed by atoms with van der Waals surface area (Å²) < 4.78 is 4.93. The predicted molar refractivity (Wildman–Crippen MR) is 84.6 cm³/mol. The van der Waals surface area contributed by atoms with Crippen LogP contribution in [0.1, 0.15) is 37.8 Å². The summed E-state index contributed by atoms with van der Waals surface area (Å²) in [6, 6.07) is 7.28. The number of aryl methyl sites for hydroxylation is 1. The summed E-state index contributed by atoms with van der Waals surface area (Å²) >= 11 is 0. The molecule has 0 aliphatic heterocycles. The number of rotatable bonds is 9. The van der Waals surface area contributed by atoms with Crippen LogP contribution < -0.4 is 0 Å². The molecule has 0 bridgehead atoms. The monoisotopic (exact) mass is 307 g/mol. The highest BCUT2D eigenvalue weighted by molar-refractivity contribution is 5.73. The maximum Gasteiger partial charge on any atom is 0.320 e. The van der Waals surface area contributed by atoms with E-state index in [9.17, 15) is 14.7 Å². The Morgan fingerprint density at radius 2 is 1.95 bits per heavy atom. The van der Waals surface area contributed by atoms with Crippen molar-refractivity contribution < 1.29 is 19.4 Å². The Bertz CT molecular complexity index is 501. The van der Waals surface area contributed by atoms with E-state index in [-0.39, 0.29) is 12.4 Å². The summed E-state index contributed by atoms with van der Waals surface area (Å²) in [5.74, 6) is -1.16. The van der Waals surface area contributed by atoms with Crippen LogP contribution in [0.4, 0.5) is 0 Å². The van der Waals surface area contributed by atoms with Gasteiger partial charge in [0.15, 0.2) is 0 Å². The largest absolute Gasteiger partial charge is 0.480 e. The number of ether oxygens (including phenoxy) is 1. The van der Waals surface area contributed by atoms with Gasteiger partial charge in [-0.2, -0.15) is 0 Å². The van der Waals surface area contributed by atoms with Gasteiger partial charge in [-0.3, -0.25) is 14.5 Å². The van der Waals surface area contributed by atoms with Crippen LogP contribution in [0.25, 0.3) is 0 Å². The van der Waals surface area contributed by atoms with Gasteiger partial charge in [0.1, 0.15) is 6.04 Å². The molecule has 0 saturated heterocycles. The molecule has 0 spiro atoms. The van der Waals surface area contributed by atoms with Gasteiger partial charge in [-0.1, -0.05) is 31.2 Å². The van der Waals surface area contributed by atoms with Crippen LogP contribution in [-0.2, 0) is 20.9 Å². The molecule has 1 atom stereocenters. The van der Waals surface area contributed by atoms with Crippen LogP contribution in [0, 0.1) is 6.92 Å². The molecule has 0 aliphatic carbocycles. The first-order valence-corrected chi connectivity index (χ1v) is 7.66. The highest BCUT2D eigenvalue weighted by Gasteiger charge is 2.24. The number of benzene rings is 1. The summed E-state index contributed by atoms with van der Waals surface area (Å²) in [6.45, 7) is 6.82. The summed E-state index contributed by atoms with van der Waals surface area (Å²) in [6.07, 6.45) is 0.688. The summed E-state index contributed by atoms with van der Waals surface area (Å²) in [5.41, 5.74) is 2.19. The molecule has 1 aromatic rings. The molecule has 0 aromatic heterocycles. The lowest BCUT2D eigenvalue weighted by Crippen LogP contribution is -2.41. The zero-order valence-electron chi connectivity index (χ0n) is 13.5. The number of esters is 1. The Morgan fingerprint density at radius 1 is 1.27 bits per heavy atom. The molecule has 1 rings (SSSR count). The molecule has 0 aliphatic rings. The van der Waals surface area contributed by atoms with Crippen LogP contribution >= 0.6 is 0 Å². The number of carbonyl (C=O) groups excluding carboxylic acids is 1. The Labute approximate surface area is 131 Å². The van der Waals surface area contributed by atoms with Crippen LogP contribution in [0.5, 0.6) is 0 Å². The average molecular weight is 307 g/mol. The smallest absolute Gasteiger partial charge is 0.320 e. The summed E-state index contributed by atoms with van der Waals surface area (Å²) in [4.78, 5) is 24.8. The lowest BCUT2D eigenvalue weighted by molar-refractivity contribution is -0.147. The molecule has 1 N–H and O–H groups in total. The van der Waals surface area contributed by atoms with Crippen molar-refractivity contribution >= 4 is 11.9 Å². The summed E-state index contributed by atoms with van der Waals surface area (Å²) in [5, 5.41) is 9.40. The number of aliphatic carboxylic acids is 1. The quantitative estimate of drug-likeness (QED) is 0.710. The molecule has 0 heterocycles. The van der Waals surface area contributed by atoms with Gasteiger partial charge >= 0.3 is 11.9 Å². The minimum atomic E-state index is -0.861. The highest BCUT2D eigenvalue weighted by Crippen LogP contribution is 2.15. The Morgan fingerprint density at radius 3 is 2.50 bits per heavy atom. The van der Waals surface area contributed by atoms with Gasteiger partial charge in [0.25, 0.3) is 0 Å². The molecule has 0 amide bonds. The third-order valence-electron chi connectivity index (χ3n) is 3.66. The van der Waals surface area contributed by atoms with Crippen molar-refractivity contribution in [3.05, 3.63) is 35.4 Å². The van der Waals surface area contributed by atoms with Crippen molar-refractivity contribution in [3.8, 4) is 0 Å². The van der Waals surface area contributed by atoms with Gasteiger partial charge in [0.2, 0.25) is 0 Å². The second kappa shape index (κ2) is 9.20. The first-order valence-electron chi connectivity index (χ1n) is 7.66. The van der Waals surface area contributed by atoms with Crippen molar-refractivity contribution in [1.82, 2.24) is 4.90 Å². The summed E-state index contributed by atoms with van der Waals surface area (Å²) in [7, 11) is 0. The van der Waals surface area contributed by atoms with E-state index in [1.54, 1.807) is 6.92 Å². The van der Waals surface area contributed by atoms with Gasteiger partial charge in [0.05, 0.1) is 13.0 Å². The fourth-order valence-corrected chi connectivity index (χ4v) is 2.41. The van der Waals surface area contributed by atoms with E-state index in [1.165, 1.54) is 0 Å². The highest BCUT2D eigenvalue weighted by atomic mass is 16.5. The topological polar surface area (TPSA) is 66.8 Å². The maximum absolute atomic E-state index is 11.6. The fraction of sp³-hybridized carbons (Fsp3) is 0.529. The fourth-order valence-electron chi connectivity index (χ4n) is 2.41. The van der Waals surface area contributed by atoms with Crippen molar-refractivity contribution in [1.29, 1.82) is 0 Å². The molecule has 0 fully saturated rings. The van der Waals surface area contributed by atoms with Crippen molar-refractivity contribution in [3.63, 3.8) is 0 Å². The number of hydrogen-bond acceptors (Lipinski definition) is 4. The average Bonchev–Trinajstić information content (AvgIpc) is 2.47. The second-order valence-electron chi connectivity index (χ2n) is 5.21. The number of carboxylic acid groups (broad SMARTS) is 1. The SMILES string of the molecule is CCOC(=O)CCN(Cc1ccccc1C)C(CC)C(=O)O. The van der Waals surface area contributed by atoms with E-state index in [0.717, 1.165) is 11.1 Å². The molecule has 22 heavy (non-hydrogen) atoms. The molecule has 122 valence electrons. The van der Waals surface area contributed by atoms with Gasteiger partial charge in [0, 0.05) is 13.1 Å². The van der Waals surface area contributed by atoms with Gasteiger partial charge in [-0.05, 0) is 31.4 Å². The normalized spacial score (nSPS) is 12.2. The number of nitrogens with zero attached hydrogens (tertiary/aromatic N) is 1. The van der Waals surface area contributed by atoms with E-state index < -0.39 is 12.0 Å². The minimum absolute atomic E-state index is 0.198. The number of hydrogen-bond donors (Lipinski definition) is 1. The van der Waals surface area contributed by atoms with Gasteiger partial charge in [-0.25, -0.2) is 0 Å². The molecule has 5 nitrogen and oxygen atoms in total. The Balaban J connectivity index is 2.84. The zero-order chi connectivity index (χ0) is 16.5. The standard InChI is InChI=1S/C17H25NO4/c1-4-15(17(20)21)18(11-10-16(19)22-5-2)12-14-9-7-6-8-13(14)3/h6-9,15H,4-5,10-12H2,1-3H3,(H,20,21). The molecule has 5 heteroatoms. The number of carboxylic acids is 1. The predicted octanol–water partition coefficient (Wildman–Crippen LogP) is 2.61. The zero-order valence-corrected chi connectivity index (χ0v) is 13.5. The van der Waals surface area contributed by atoms with Crippen molar-refractivity contribution in [2.24, 2.45) is 0 Å². The van der Waals surface area contributed by atoms with Crippen molar-refractivity contribution in [2.45, 2.75) is 46.2 Å². The molecule has 0 saturated carbocycles. The lowest BCUT2D eigenvalue weighted by atomic mass is 10.1. The molecule has 1 aromatic carbocycles. The molecular weight excluding hydrogens is 282 g/mol. The molecular formula is C17H25NO4. The molecule has 1 unspecified atom stereocenters. The van der Waals surface area contributed by atoms with E-state index in [2.05, 4.69) is 0 Å². The van der Waals surface area contributed by atoms with Crippen LogP contribution in [0.2, 0.25) is 0 Å². The van der Waals surface area contributed by atoms with E-state index in [4.69, 9.17) is 4.74 Å². The lowest BCUT2D eigenvalue weighted by Gasteiger charge is -2.28. The third kappa shape index (κ3) is 5.48. The first kappa shape index (κ1) is 18.2. The second-order valence-corrected chi connectivity index (χ2v) is 5.21. The van der Waals surface area contributed by atoms with Crippen LogP contribution in [-0.4, -0.2) is 41.1 Å². The van der Waals surface area contributed by atoms with E-state index in [1.807, 2.05) is 43.0 Å². The Kier molecular flexibility index (Phi) is 7.60. The molecule has 0 radical (unpaired) electrons.